The van der Waals surface area contributed by atoms with E-state index in [0.29, 0.717) is 6.54 Å². The van der Waals surface area contributed by atoms with Gasteiger partial charge in [-0.15, -0.1) is 0 Å². The Labute approximate surface area is 190 Å². The topological polar surface area (TPSA) is 106 Å². The molecule has 3 N–H and O–H groups in total. The summed E-state index contributed by atoms with van der Waals surface area (Å²) in [7, 11) is 0. The number of carbonyl (C=O) groups excluding carboxylic acids is 3. The summed E-state index contributed by atoms with van der Waals surface area (Å²) in [5.41, 5.74) is 0.318. The fraction of sp³-hybridized carbons (Fsp3) is 0.625. The Morgan fingerprint density at radius 3 is 2.38 bits per heavy atom. The van der Waals surface area contributed by atoms with E-state index in [-0.39, 0.29) is 30.4 Å². The molecular formula is C24H37N3O5. The summed E-state index contributed by atoms with van der Waals surface area (Å²) in [5, 5.41) is 8.55. The smallest absolute Gasteiger partial charge is 0.408 e. The number of rotatable bonds is 8. The fourth-order valence-corrected chi connectivity index (χ4v) is 3.70. The first-order valence-corrected chi connectivity index (χ1v) is 11.3. The monoisotopic (exact) mass is 447 g/mol. The van der Waals surface area contributed by atoms with Gasteiger partial charge in [-0.2, -0.15) is 0 Å². The summed E-state index contributed by atoms with van der Waals surface area (Å²) < 4.78 is 10.5. The van der Waals surface area contributed by atoms with Crippen molar-refractivity contribution in [1.82, 2.24) is 16.0 Å². The molecule has 0 saturated heterocycles. The van der Waals surface area contributed by atoms with Crippen molar-refractivity contribution in [2.45, 2.75) is 78.2 Å². The van der Waals surface area contributed by atoms with E-state index in [9.17, 15) is 14.4 Å². The molecule has 8 heteroatoms. The van der Waals surface area contributed by atoms with Gasteiger partial charge in [0.15, 0.2) is 0 Å². The van der Waals surface area contributed by atoms with Crippen molar-refractivity contribution in [2.24, 2.45) is 11.8 Å². The lowest BCUT2D eigenvalue weighted by Crippen LogP contribution is -2.53. The van der Waals surface area contributed by atoms with Crippen molar-refractivity contribution in [3.8, 4) is 0 Å². The van der Waals surface area contributed by atoms with E-state index >= 15 is 0 Å². The molecule has 1 fully saturated rings. The van der Waals surface area contributed by atoms with Crippen molar-refractivity contribution in [1.29, 1.82) is 0 Å². The molecule has 8 nitrogen and oxygen atoms in total. The van der Waals surface area contributed by atoms with E-state index in [2.05, 4.69) is 16.0 Å². The van der Waals surface area contributed by atoms with Gasteiger partial charge in [0.2, 0.25) is 5.91 Å². The second kappa shape index (κ2) is 11.7. The van der Waals surface area contributed by atoms with Crippen LogP contribution in [0, 0.1) is 11.8 Å². The molecule has 0 heterocycles. The van der Waals surface area contributed by atoms with Gasteiger partial charge in [-0.1, -0.05) is 50.6 Å². The van der Waals surface area contributed by atoms with Gasteiger partial charge < -0.3 is 25.4 Å². The van der Waals surface area contributed by atoms with E-state index < -0.39 is 23.8 Å². The van der Waals surface area contributed by atoms with Crippen LogP contribution in [0.4, 0.5) is 9.59 Å². The van der Waals surface area contributed by atoms with Gasteiger partial charge in [0, 0.05) is 12.6 Å². The number of nitrogens with one attached hydrogen (secondary N) is 3. The molecule has 178 valence electrons. The largest absolute Gasteiger partial charge is 0.445 e. The summed E-state index contributed by atoms with van der Waals surface area (Å²) in [5.74, 6) is -0.242. The molecule has 1 aromatic carbocycles. The minimum atomic E-state index is -0.710. The van der Waals surface area contributed by atoms with Crippen LogP contribution < -0.4 is 16.0 Å². The first kappa shape index (κ1) is 25.5. The number of hydrogen-bond acceptors (Lipinski definition) is 5. The predicted octanol–water partition coefficient (Wildman–Crippen LogP) is 3.75. The third kappa shape index (κ3) is 8.77. The summed E-state index contributed by atoms with van der Waals surface area (Å²) in [6, 6.07) is 8.59. The molecule has 1 saturated carbocycles. The second-order valence-electron chi connectivity index (χ2n) is 9.62. The summed E-state index contributed by atoms with van der Waals surface area (Å²) in [6.45, 7) is 9.76. The normalized spacial score (nSPS) is 19.2. The van der Waals surface area contributed by atoms with Crippen LogP contribution in [0.25, 0.3) is 0 Å². The van der Waals surface area contributed by atoms with Gasteiger partial charge in [-0.05, 0) is 51.0 Å². The third-order valence-corrected chi connectivity index (χ3v) is 5.33. The average molecular weight is 448 g/mol. The molecule has 0 bridgehead atoms. The number of amides is 3. The molecule has 1 aromatic rings. The maximum absolute atomic E-state index is 12.9. The van der Waals surface area contributed by atoms with Crippen LogP contribution in [0.15, 0.2) is 30.3 Å². The van der Waals surface area contributed by atoms with Crippen molar-refractivity contribution >= 4 is 18.1 Å². The van der Waals surface area contributed by atoms with Gasteiger partial charge in [0.25, 0.3) is 0 Å². The Morgan fingerprint density at radius 2 is 1.75 bits per heavy atom. The first-order chi connectivity index (χ1) is 15.0. The molecule has 0 radical (unpaired) electrons. The number of benzene rings is 1. The number of carbonyl (C=O) groups is 3. The molecule has 1 aliphatic carbocycles. The van der Waals surface area contributed by atoms with Crippen molar-refractivity contribution in [3.63, 3.8) is 0 Å². The maximum Gasteiger partial charge on any atom is 0.408 e. The van der Waals surface area contributed by atoms with Gasteiger partial charge in [-0.25, -0.2) is 9.59 Å². The summed E-state index contributed by atoms with van der Waals surface area (Å²) in [4.78, 5) is 37.1. The van der Waals surface area contributed by atoms with Gasteiger partial charge in [-0.3, -0.25) is 4.79 Å². The molecule has 2 rings (SSSR count). The number of alkyl carbamates (subject to hydrolysis) is 2. The first-order valence-electron chi connectivity index (χ1n) is 11.3. The third-order valence-electron chi connectivity index (χ3n) is 5.33. The lowest BCUT2D eigenvalue weighted by molar-refractivity contribution is -0.125. The fourth-order valence-electron chi connectivity index (χ4n) is 3.70. The SMILES string of the molecule is CC(C)[C@H](NC(=O)OCc1ccccc1)C(=O)N[C@@H]1CCC[C@H]1CNC(=O)OC(C)(C)C. The molecule has 0 spiro atoms. The highest BCUT2D eigenvalue weighted by Crippen LogP contribution is 2.25. The van der Waals surface area contributed by atoms with Crippen LogP contribution in [0.2, 0.25) is 0 Å². The Balaban J connectivity index is 1.85. The highest BCUT2D eigenvalue weighted by molar-refractivity contribution is 5.86. The summed E-state index contributed by atoms with van der Waals surface area (Å²) in [6.07, 6.45) is 1.61. The molecular weight excluding hydrogens is 410 g/mol. The zero-order valence-corrected chi connectivity index (χ0v) is 19.8. The van der Waals surface area contributed by atoms with E-state index in [4.69, 9.17) is 9.47 Å². The Kier molecular flexibility index (Phi) is 9.35. The number of ether oxygens (including phenoxy) is 2. The Hall–Kier alpha value is -2.77. The van der Waals surface area contributed by atoms with Gasteiger partial charge in [0.05, 0.1) is 0 Å². The van der Waals surface area contributed by atoms with Crippen molar-refractivity contribution < 1.29 is 23.9 Å². The van der Waals surface area contributed by atoms with Crippen molar-refractivity contribution in [3.05, 3.63) is 35.9 Å². The summed E-state index contributed by atoms with van der Waals surface area (Å²) >= 11 is 0. The van der Waals surface area contributed by atoms with E-state index in [0.717, 1.165) is 24.8 Å². The van der Waals surface area contributed by atoms with E-state index in [1.807, 2.05) is 65.0 Å². The van der Waals surface area contributed by atoms with Crippen LogP contribution in [0.3, 0.4) is 0 Å². The molecule has 0 aromatic heterocycles. The van der Waals surface area contributed by atoms with E-state index in [1.54, 1.807) is 0 Å². The molecule has 32 heavy (non-hydrogen) atoms. The molecule has 0 aliphatic heterocycles. The zero-order valence-electron chi connectivity index (χ0n) is 19.8. The molecule has 1 aliphatic rings. The standard InChI is InChI=1S/C24H37N3O5/c1-16(2)20(27-23(30)31-15-17-10-7-6-8-11-17)21(28)26-19-13-9-12-18(19)14-25-22(29)32-24(3,4)5/h6-8,10-11,16,18-20H,9,12-15H2,1-5H3,(H,25,29)(H,26,28)(H,27,30)/t18-,19+,20-/m0/s1. The van der Waals surface area contributed by atoms with Crippen LogP contribution in [0.5, 0.6) is 0 Å². The average Bonchev–Trinajstić information content (AvgIpc) is 3.15. The van der Waals surface area contributed by atoms with E-state index in [1.165, 1.54) is 0 Å². The predicted molar refractivity (Wildman–Crippen MR) is 122 cm³/mol. The number of hydrogen-bond donors (Lipinski definition) is 3. The quantitative estimate of drug-likeness (QED) is 0.563. The minimum absolute atomic E-state index is 0.0687. The van der Waals surface area contributed by atoms with Crippen LogP contribution in [-0.2, 0) is 20.9 Å². The van der Waals surface area contributed by atoms with Crippen LogP contribution in [0.1, 0.15) is 59.4 Å². The molecule has 3 amide bonds. The zero-order chi connectivity index (χ0) is 23.7. The van der Waals surface area contributed by atoms with Gasteiger partial charge >= 0.3 is 12.2 Å². The van der Waals surface area contributed by atoms with Crippen molar-refractivity contribution in [2.75, 3.05) is 6.54 Å². The van der Waals surface area contributed by atoms with Crippen LogP contribution >= 0.6 is 0 Å². The minimum Gasteiger partial charge on any atom is -0.445 e. The highest BCUT2D eigenvalue weighted by atomic mass is 16.6. The second-order valence-corrected chi connectivity index (χ2v) is 9.62. The lowest BCUT2D eigenvalue weighted by atomic mass is 10.0. The molecule has 0 unspecified atom stereocenters. The lowest BCUT2D eigenvalue weighted by Gasteiger charge is -2.27. The Morgan fingerprint density at radius 1 is 1.06 bits per heavy atom. The molecule has 3 atom stereocenters. The Bertz CT molecular complexity index is 761. The maximum atomic E-state index is 12.9. The van der Waals surface area contributed by atoms with Crippen LogP contribution in [-0.4, -0.2) is 42.3 Å². The highest BCUT2D eigenvalue weighted by Gasteiger charge is 2.33. The van der Waals surface area contributed by atoms with Gasteiger partial charge in [0.1, 0.15) is 18.2 Å².